The molecule has 0 aliphatic heterocycles. The van der Waals surface area contributed by atoms with Crippen LogP contribution >= 0.6 is 0 Å². The molecule has 0 amide bonds. The van der Waals surface area contributed by atoms with E-state index in [1.165, 1.54) is 35.6 Å². The number of hydrogen-bond donors (Lipinski definition) is 0. The van der Waals surface area contributed by atoms with Crippen molar-refractivity contribution in [2.75, 3.05) is 11.4 Å². The van der Waals surface area contributed by atoms with Crippen molar-refractivity contribution in [3.8, 4) is 6.07 Å². The minimum absolute atomic E-state index is 0.170. The van der Waals surface area contributed by atoms with Crippen molar-refractivity contribution in [1.82, 2.24) is 0 Å². The molecule has 0 atom stereocenters. The molecule has 0 aliphatic carbocycles. The van der Waals surface area contributed by atoms with Crippen LogP contribution < -0.4 is 4.31 Å². The quantitative estimate of drug-likeness (QED) is 0.872. The third kappa shape index (κ3) is 3.06. The minimum Gasteiger partial charge on any atom is -0.269 e. The van der Waals surface area contributed by atoms with E-state index in [2.05, 4.69) is 0 Å². The summed E-state index contributed by atoms with van der Waals surface area (Å²) in [4.78, 5) is 0.170. The molecule has 0 aliphatic rings. The van der Waals surface area contributed by atoms with Gasteiger partial charge in [0, 0.05) is 7.05 Å². The van der Waals surface area contributed by atoms with Crippen LogP contribution in [-0.4, -0.2) is 15.5 Å². The summed E-state index contributed by atoms with van der Waals surface area (Å²) in [6.07, 6.45) is 0.909. The maximum Gasteiger partial charge on any atom is 0.264 e. The Labute approximate surface area is 125 Å². The second kappa shape index (κ2) is 5.98. The van der Waals surface area contributed by atoms with Crippen molar-refractivity contribution in [2.45, 2.75) is 18.2 Å². The number of anilines is 1. The lowest BCUT2D eigenvalue weighted by Crippen LogP contribution is -2.26. The van der Waals surface area contributed by atoms with E-state index in [9.17, 15) is 8.42 Å². The van der Waals surface area contributed by atoms with Gasteiger partial charge in [0.1, 0.15) is 0 Å². The molecule has 108 valence electrons. The third-order valence-corrected chi connectivity index (χ3v) is 5.15. The van der Waals surface area contributed by atoms with Crippen molar-refractivity contribution in [3.63, 3.8) is 0 Å². The Balaban J connectivity index is 2.34. The van der Waals surface area contributed by atoms with E-state index in [1.54, 1.807) is 12.1 Å². The molecule has 0 spiro atoms. The van der Waals surface area contributed by atoms with Gasteiger partial charge in [0.25, 0.3) is 10.0 Å². The number of aryl methyl sites for hydroxylation is 1. The fourth-order valence-electron chi connectivity index (χ4n) is 1.94. The number of sulfonamides is 1. The molecule has 2 aromatic rings. The van der Waals surface area contributed by atoms with Crippen LogP contribution in [0.25, 0.3) is 0 Å². The second-order valence-electron chi connectivity index (χ2n) is 4.63. The van der Waals surface area contributed by atoms with Gasteiger partial charge >= 0.3 is 0 Å². The lowest BCUT2D eigenvalue weighted by molar-refractivity contribution is 0.594. The van der Waals surface area contributed by atoms with Gasteiger partial charge in [-0.05, 0) is 48.4 Å². The molecule has 0 fully saturated rings. The van der Waals surface area contributed by atoms with Crippen molar-refractivity contribution >= 4 is 15.7 Å². The van der Waals surface area contributed by atoms with Crippen LogP contribution in [-0.2, 0) is 16.4 Å². The fraction of sp³-hybridized carbons (Fsp3) is 0.188. The first-order valence-electron chi connectivity index (χ1n) is 6.57. The van der Waals surface area contributed by atoms with E-state index in [4.69, 9.17) is 5.26 Å². The Morgan fingerprint density at radius 3 is 2.10 bits per heavy atom. The summed E-state index contributed by atoms with van der Waals surface area (Å²) in [5.41, 5.74) is 2.20. The van der Waals surface area contributed by atoms with Crippen molar-refractivity contribution in [1.29, 1.82) is 5.26 Å². The van der Waals surface area contributed by atoms with Gasteiger partial charge in [0.2, 0.25) is 0 Å². The SMILES string of the molecule is CCc1ccc(N(C)S(=O)(=O)c2ccc(C#N)cc2)cc1. The number of nitriles is 1. The molecule has 0 saturated heterocycles. The highest BCUT2D eigenvalue weighted by Gasteiger charge is 2.21. The van der Waals surface area contributed by atoms with E-state index >= 15 is 0 Å². The van der Waals surface area contributed by atoms with Crippen LogP contribution in [0.1, 0.15) is 18.1 Å². The highest BCUT2D eigenvalue weighted by molar-refractivity contribution is 7.92. The Bertz CT molecular complexity index is 757. The maximum absolute atomic E-state index is 12.5. The highest BCUT2D eigenvalue weighted by Crippen LogP contribution is 2.22. The topological polar surface area (TPSA) is 61.2 Å². The van der Waals surface area contributed by atoms with Crippen LogP contribution in [0.3, 0.4) is 0 Å². The van der Waals surface area contributed by atoms with Crippen molar-refractivity contribution < 1.29 is 8.42 Å². The summed E-state index contributed by atoms with van der Waals surface area (Å²) in [6, 6.07) is 15.3. The average Bonchev–Trinajstić information content (AvgIpc) is 2.54. The summed E-state index contributed by atoms with van der Waals surface area (Å²) >= 11 is 0. The van der Waals surface area contributed by atoms with Gasteiger partial charge in [-0.3, -0.25) is 4.31 Å². The number of nitrogens with zero attached hydrogens (tertiary/aromatic N) is 2. The molecule has 5 heteroatoms. The molecule has 0 bridgehead atoms. The first-order valence-corrected chi connectivity index (χ1v) is 8.01. The third-order valence-electron chi connectivity index (χ3n) is 3.35. The Morgan fingerprint density at radius 1 is 1.05 bits per heavy atom. The normalized spacial score (nSPS) is 10.9. The molecule has 0 aromatic heterocycles. The Kier molecular flexibility index (Phi) is 4.29. The molecule has 0 radical (unpaired) electrons. The maximum atomic E-state index is 12.5. The minimum atomic E-state index is -3.61. The van der Waals surface area contributed by atoms with E-state index < -0.39 is 10.0 Å². The van der Waals surface area contributed by atoms with Crippen LogP contribution in [0.4, 0.5) is 5.69 Å². The summed E-state index contributed by atoms with van der Waals surface area (Å²) in [6.45, 7) is 2.05. The highest BCUT2D eigenvalue weighted by atomic mass is 32.2. The average molecular weight is 300 g/mol. The first kappa shape index (κ1) is 15.1. The van der Waals surface area contributed by atoms with Gasteiger partial charge in [-0.1, -0.05) is 19.1 Å². The first-order chi connectivity index (χ1) is 9.98. The molecule has 0 saturated carbocycles. The Hall–Kier alpha value is -2.32. The molecular weight excluding hydrogens is 284 g/mol. The largest absolute Gasteiger partial charge is 0.269 e. The summed E-state index contributed by atoms with van der Waals surface area (Å²) < 4.78 is 26.3. The van der Waals surface area contributed by atoms with Crippen LogP contribution in [0, 0.1) is 11.3 Å². The van der Waals surface area contributed by atoms with Gasteiger partial charge in [0.15, 0.2) is 0 Å². The molecule has 0 N–H and O–H groups in total. The van der Waals surface area contributed by atoms with E-state index in [0.29, 0.717) is 11.3 Å². The standard InChI is InChI=1S/C16H16N2O2S/c1-3-13-4-8-15(9-5-13)18(2)21(19,20)16-10-6-14(12-17)7-11-16/h4-11H,3H2,1-2H3. The van der Waals surface area contributed by atoms with E-state index in [0.717, 1.165) is 12.0 Å². The van der Waals surface area contributed by atoms with Gasteiger partial charge in [-0.25, -0.2) is 8.42 Å². The molecule has 21 heavy (non-hydrogen) atoms. The molecule has 2 rings (SSSR count). The van der Waals surface area contributed by atoms with Crippen LogP contribution in [0.15, 0.2) is 53.4 Å². The van der Waals surface area contributed by atoms with Gasteiger partial charge in [-0.2, -0.15) is 5.26 Å². The molecule has 0 heterocycles. The second-order valence-corrected chi connectivity index (χ2v) is 6.60. The summed E-state index contributed by atoms with van der Waals surface area (Å²) in [5.74, 6) is 0. The Morgan fingerprint density at radius 2 is 1.62 bits per heavy atom. The molecule has 2 aromatic carbocycles. The zero-order valence-corrected chi connectivity index (χ0v) is 12.8. The van der Waals surface area contributed by atoms with Crippen molar-refractivity contribution in [3.05, 3.63) is 59.7 Å². The number of rotatable bonds is 4. The lowest BCUT2D eigenvalue weighted by atomic mass is 10.1. The van der Waals surface area contributed by atoms with Gasteiger partial charge in [-0.15, -0.1) is 0 Å². The summed E-state index contributed by atoms with van der Waals surface area (Å²) in [7, 11) is -2.09. The molecular formula is C16H16N2O2S. The smallest absolute Gasteiger partial charge is 0.264 e. The molecule has 4 nitrogen and oxygen atoms in total. The van der Waals surface area contributed by atoms with E-state index in [-0.39, 0.29) is 4.90 Å². The monoisotopic (exact) mass is 300 g/mol. The number of benzene rings is 2. The van der Waals surface area contributed by atoms with Gasteiger partial charge < -0.3 is 0 Å². The zero-order valence-electron chi connectivity index (χ0n) is 11.9. The number of hydrogen-bond acceptors (Lipinski definition) is 3. The van der Waals surface area contributed by atoms with Crippen LogP contribution in [0.5, 0.6) is 0 Å². The molecule has 0 unspecified atom stereocenters. The van der Waals surface area contributed by atoms with Gasteiger partial charge in [0.05, 0.1) is 22.2 Å². The summed E-state index contributed by atoms with van der Waals surface area (Å²) in [5, 5.41) is 8.76. The zero-order chi connectivity index (χ0) is 15.5. The predicted molar refractivity (Wildman–Crippen MR) is 82.6 cm³/mol. The van der Waals surface area contributed by atoms with Crippen LogP contribution in [0.2, 0.25) is 0 Å². The van der Waals surface area contributed by atoms with E-state index in [1.807, 2.05) is 25.1 Å². The predicted octanol–water partition coefficient (Wildman–Crippen LogP) is 2.95. The fourth-order valence-corrected chi connectivity index (χ4v) is 3.14. The van der Waals surface area contributed by atoms with Crippen molar-refractivity contribution in [2.24, 2.45) is 0 Å². The lowest BCUT2D eigenvalue weighted by Gasteiger charge is -2.19.